The summed E-state index contributed by atoms with van der Waals surface area (Å²) in [6.07, 6.45) is 2.26. The van der Waals surface area contributed by atoms with E-state index in [0.717, 1.165) is 27.6 Å². The van der Waals surface area contributed by atoms with Gasteiger partial charge in [0.15, 0.2) is 0 Å². The van der Waals surface area contributed by atoms with Gasteiger partial charge in [0.2, 0.25) is 23.6 Å². The topological polar surface area (TPSA) is 226 Å². The van der Waals surface area contributed by atoms with E-state index in [9.17, 15) is 33.6 Å². The Balaban J connectivity index is 1.20. The van der Waals surface area contributed by atoms with Crippen LogP contribution in [0.3, 0.4) is 0 Å². The minimum Gasteiger partial charge on any atom is -0.459 e. The van der Waals surface area contributed by atoms with Gasteiger partial charge in [0, 0.05) is 36.6 Å². The first-order valence-corrected chi connectivity index (χ1v) is 22.0. The largest absolute Gasteiger partial charge is 0.459 e. The number of carbonyl (C=O) groups is 7. The highest BCUT2D eigenvalue weighted by atomic mass is 16.6. The van der Waals surface area contributed by atoms with Crippen LogP contribution in [-0.4, -0.2) is 101 Å². The van der Waals surface area contributed by atoms with Gasteiger partial charge >= 0.3 is 18.2 Å². The predicted octanol–water partition coefficient (Wildman–Crippen LogP) is 4.93. The summed E-state index contributed by atoms with van der Waals surface area (Å²) in [6.45, 7) is 8.67. The first kappa shape index (κ1) is 49.1. The molecule has 0 aliphatic carbocycles. The first-order valence-electron chi connectivity index (χ1n) is 22.0. The molecule has 6 N–H and O–H groups in total. The maximum atomic E-state index is 14.3. The Kier molecular flexibility index (Phi) is 17.9. The van der Waals surface area contributed by atoms with Crippen LogP contribution < -0.4 is 26.6 Å². The van der Waals surface area contributed by atoms with Crippen molar-refractivity contribution in [1.82, 2.24) is 36.5 Å². The molecule has 0 spiro atoms. The molecule has 1 saturated heterocycles. The minimum atomic E-state index is -1.15. The van der Waals surface area contributed by atoms with Gasteiger partial charge in [-0.05, 0) is 89.5 Å². The van der Waals surface area contributed by atoms with Crippen LogP contribution in [0, 0.1) is 0 Å². The van der Waals surface area contributed by atoms with Gasteiger partial charge < -0.3 is 50.7 Å². The number of hydrogen-bond donors (Lipinski definition) is 6. The van der Waals surface area contributed by atoms with Gasteiger partial charge in [0.1, 0.15) is 49.0 Å². The number of carbonyl (C=O) groups excluding carboxylic acids is 7. The Hall–Kier alpha value is -6.91. The molecular formula is C48H61N7O10. The van der Waals surface area contributed by atoms with Crippen molar-refractivity contribution in [2.45, 2.75) is 122 Å². The third-order valence-electron chi connectivity index (χ3n) is 10.6. The van der Waals surface area contributed by atoms with Crippen LogP contribution in [0.25, 0.3) is 10.9 Å². The molecule has 4 aromatic rings. The lowest BCUT2D eigenvalue weighted by atomic mass is 10.0. The third kappa shape index (κ3) is 15.4. The van der Waals surface area contributed by atoms with Crippen molar-refractivity contribution in [3.8, 4) is 0 Å². The van der Waals surface area contributed by atoms with E-state index in [1.54, 1.807) is 39.1 Å². The quantitative estimate of drug-likeness (QED) is 0.0399. The van der Waals surface area contributed by atoms with Gasteiger partial charge in [-0.25, -0.2) is 14.4 Å². The second-order valence-corrected chi connectivity index (χ2v) is 17.1. The maximum absolute atomic E-state index is 14.3. The molecule has 0 saturated carbocycles. The summed E-state index contributed by atoms with van der Waals surface area (Å²) in [7, 11) is 0. The summed E-state index contributed by atoms with van der Waals surface area (Å²) < 4.78 is 16.1. The molecule has 6 amide bonds. The van der Waals surface area contributed by atoms with Crippen LogP contribution in [0.5, 0.6) is 0 Å². The smallest absolute Gasteiger partial charge is 0.408 e. The Morgan fingerprint density at radius 3 is 2.05 bits per heavy atom. The molecule has 1 fully saturated rings. The predicted molar refractivity (Wildman–Crippen MR) is 242 cm³/mol. The standard InChI is InChI=1S/C48H61N7O10/c1-31(51-43(58)40-24-16-26-55(40)44(59)39(54-47(62)65-48(3,4)5)27-35-28-50-37-22-13-12-21-36(35)37)41(56)53-38(23-14-15-25-49-46(61)64-30-34-19-10-7-11-20-34)42(57)52-32(2)45(60)63-29-33-17-8-6-9-18-33/h6-13,17-22,28,31-32,38-40,50H,14-16,23-27,29-30H2,1-5H3,(H,49,61)(H,51,58)(H,52,57)(H,53,56)(H,54,62)/t31-,32-,38+,39-,40+/m1/s1. The van der Waals surface area contributed by atoms with Gasteiger partial charge in [-0.1, -0.05) is 78.9 Å². The molecule has 348 valence electrons. The molecule has 1 aliphatic heterocycles. The van der Waals surface area contributed by atoms with Crippen LogP contribution in [0.4, 0.5) is 9.59 Å². The lowest BCUT2D eigenvalue weighted by molar-refractivity contribution is -0.148. The average Bonchev–Trinajstić information content (AvgIpc) is 3.94. The Morgan fingerprint density at radius 2 is 1.37 bits per heavy atom. The van der Waals surface area contributed by atoms with E-state index in [1.807, 2.05) is 72.8 Å². The zero-order valence-corrected chi connectivity index (χ0v) is 37.6. The molecule has 0 unspecified atom stereocenters. The van der Waals surface area contributed by atoms with E-state index in [4.69, 9.17) is 14.2 Å². The number of hydrogen-bond acceptors (Lipinski definition) is 10. The van der Waals surface area contributed by atoms with Gasteiger partial charge in [-0.15, -0.1) is 0 Å². The number of ether oxygens (including phenoxy) is 3. The number of nitrogens with zero attached hydrogens (tertiary/aromatic N) is 1. The highest BCUT2D eigenvalue weighted by molar-refractivity contribution is 5.96. The van der Waals surface area contributed by atoms with E-state index in [2.05, 4.69) is 31.6 Å². The lowest BCUT2D eigenvalue weighted by Gasteiger charge is -2.30. The number of benzene rings is 3. The monoisotopic (exact) mass is 895 g/mol. The summed E-state index contributed by atoms with van der Waals surface area (Å²) >= 11 is 0. The lowest BCUT2D eigenvalue weighted by Crippen LogP contribution is -2.58. The van der Waals surface area contributed by atoms with Crippen molar-refractivity contribution in [3.63, 3.8) is 0 Å². The summed E-state index contributed by atoms with van der Waals surface area (Å²) in [5.41, 5.74) is 2.43. The van der Waals surface area contributed by atoms with Gasteiger partial charge in [0.25, 0.3) is 0 Å². The molecule has 1 aliphatic rings. The molecule has 2 heterocycles. The first-order chi connectivity index (χ1) is 31.1. The molecule has 5 atom stereocenters. The maximum Gasteiger partial charge on any atom is 0.408 e. The van der Waals surface area contributed by atoms with Crippen molar-refractivity contribution in [2.24, 2.45) is 0 Å². The number of amides is 6. The number of rotatable bonds is 20. The molecule has 0 radical (unpaired) electrons. The van der Waals surface area contributed by atoms with E-state index in [1.165, 1.54) is 18.7 Å². The molecule has 65 heavy (non-hydrogen) atoms. The van der Waals surface area contributed by atoms with Gasteiger partial charge in [-0.3, -0.25) is 19.2 Å². The number of H-pyrrole nitrogens is 1. The summed E-state index contributed by atoms with van der Waals surface area (Å²) in [6, 6.07) is 20.5. The molecule has 0 bridgehead atoms. The molecular weight excluding hydrogens is 835 g/mol. The molecule has 17 nitrogen and oxygen atoms in total. The summed E-state index contributed by atoms with van der Waals surface area (Å²) in [5.74, 6) is -3.07. The highest BCUT2D eigenvalue weighted by Gasteiger charge is 2.39. The fourth-order valence-electron chi connectivity index (χ4n) is 7.28. The van der Waals surface area contributed by atoms with Gasteiger partial charge in [-0.2, -0.15) is 0 Å². The fraction of sp³-hybridized carbons (Fsp3) is 0.438. The van der Waals surface area contributed by atoms with Crippen molar-refractivity contribution >= 4 is 52.7 Å². The number of unbranched alkanes of at least 4 members (excludes halogenated alkanes) is 1. The van der Waals surface area contributed by atoms with E-state index in [-0.39, 0.29) is 39.1 Å². The second-order valence-electron chi connectivity index (χ2n) is 17.1. The summed E-state index contributed by atoms with van der Waals surface area (Å²) in [5, 5.41) is 14.3. The minimum absolute atomic E-state index is 0.00701. The van der Waals surface area contributed by atoms with Crippen LogP contribution in [-0.2, 0) is 57.8 Å². The average molecular weight is 896 g/mol. The molecule has 1 aromatic heterocycles. The number of aromatic amines is 1. The van der Waals surface area contributed by atoms with Crippen molar-refractivity contribution in [2.75, 3.05) is 13.1 Å². The highest BCUT2D eigenvalue weighted by Crippen LogP contribution is 2.23. The Labute approximate surface area is 379 Å². The van der Waals surface area contributed by atoms with Crippen LogP contribution in [0.1, 0.15) is 83.4 Å². The van der Waals surface area contributed by atoms with Crippen LogP contribution >= 0.6 is 0 Å². The van der Waals surface area contributed by atoms with E-state index in [0.29, 0.717) is 25.7 Å². The number of fused-ring (bicyclic) bond motifs is 1. The normalized spacial score (nSPS) is 15.4. The zero-order chi connectivity index (χ0) is 46.9. The van der Waals surface area contributed by atoms with Gasteiger partial charge in [0.05, 0.1) is 0 Å². The number of esters is 1. The van der Waals surface area contributed by atoms with Crippen molar-refractivity contribution in [3.05, 3.63) is 108 Å². The molecule has 3 aromatic carbocycles. The number of nitrogens with one attached hydrogen (secondary N) is 6. The number of para-hydroxylation sites is 1. The number of likely N-dealkylation sites (tertiary alicyclic amines) is 1. The third-order valence-corrected chi connectivity index (χ3v) is 10.6. The van der Waals surface area contributed by atoms with E-state index < -0.39 is 77.6 Å². The van der Waals surface area contributed by atoms with Crippen molar-refractivity contribution < 1.29 is 47.8 Å². The second kappa shape index (κ2) is 23.7. The SMILES string of the molecule is C[C@@H](NC(=O)[C@@H]1CCCN1C(=O)[C@@H](Cc1c[nH]c2ccccc12)NC(=O)OC(C)(C)C)C(=O)N[C@@H](CCCCNC(=O)OCc1ccccc1)C(=O)N[C@H](C)C(=O)OCc1ccccc1. The van der Waals surface area contributed by atoms with Crippen molar-refractivity contribution in [1.29, 1.82) is 0 Å². The zero-order valence-electron chi connectivity index (χ0n) is 37.6. The van der Waals surface area contributed by atoms with Crippen LogP contribution in [0.2, 0.25) is 0 Å². The fourth-order valence-corrected chi connectivity index (χ4v) is 7.28. The summed E-state index contributed by atoms with van der Waals surface area (Å²) in [4.78, 5) is 98.2. The van der Waals surface area contributed by atoms with E-state index >= 15 is 0 Å². The Bertz CT molecular complexity index is 2240. The molecule has 17 heteroatoms. The number of alkyl carbamates (subject to hydrolysis) is 2. The van der Waals surface area contributed by atoms with Crippen LogP contribution in [0.15, 0.2) is 91.1 Å². The molecule has 5 rings (SSSR count). The Morgan fingerprint density at radius 1 is 0.723 bits per heavy atom. The number of aromatic nitrogens is 1.